The summed E-state index contributed by atoms with van der Waals surface area (Å²) in [6, 6.07) is 11.2. The van der Waals surface area contributed by atoms with E-state index in [1.165, 1.54) is 0 Å². The Morgan fingerprint density at radius 3 is 2.18 bits per heavy atom. The average Bonchev–Trinajstić information content (AvgIpc) is 3.63. The van der Waals surface area contributed by atoms with E-state index in [0.29, 0.717) is 42.8 Å². The van der Waals surface area contributed by atoms with E-state index in [-0.39, 0.29) is 49.8 Å². The highest BCUT2D eigenvalue weighted by molar-refractivity contribution is 7.90. The third kappa shape index (κ3) is 10.8. The predicted molar refractivity (Wildman–Crippen MR) is 168 cm³/mol. The van der Waals surface area contributed by atoms with Crippen molar-refractivity contribution in [2.24, 2.45) is 5.73 Å². The van der Waals surface area contributed by atoms with Crippen LogP contribution in [0.1, 0.15) is 59.8 Å². The van der Waals surface area contributed by atoms with E-state index in [0.717, 1.165) is 0 Å². The van der Waals surface area contributed by atoms with Crippen molar-refractivity contribution in [3.05, 3.63) is 59.4 Å². The van der Waals surface area contributed by atoms with E-state index in [1.807, 2.05) is 6.07 Å². The molecule has 0 bridgehead atoms. The summed E-state index contributed by atoms with van der Waals surface area (Å²) in [5.74, 6) is -3.91. The summed E-state index contributed by atoms with van der Waals surface area (Å²) in [6.07, 6.45) is 1.78. The molecular weight excluding hydrogens is 624 g/mol. The quantitative estimate of drug-likeness (QED) is 0.0681. The highest BCUT2D eigenvalue weighted by Crippen LogP contribution is 2.31. The van der Waals surface area contributed by atoms with Crippen LogP contribution in [-0.4, -0.2) is 85.4 Å². The minimum absolute atomic E-state index is 0.0770. The number of aromatic nitrogens is 1. The zero-order chi connectivity index (χ0) is 33.0. The van der Waals surface area contributed by atoms with Gasteiger partial charge in [0.2, 0.25) is 39.4 Å². The number of carbonyl (C=O) groups is 6. The molecule has 1 aromatic heterocycles. The molecule has 4 amide bonds. The van der Waals surface area contributed by atoms with Gasteiger partial charge in [0.15, 0.2) is 5.78 Å². The number of rotatable bonds is 18. The van der Waals surface area contributed by atoms with E-state index in [9.17, 15) is 37.2 Å². The van der Waals surface area contributed by atoms with Gasteiger partial charge in [-0.05, 0) is 31.4 Å². The highest BCUT2D eigenvalue weighted by Gasteiger charge is 2.33. The highest BCUT2D eigenvalue weighted by atomic mass is 32.2. The van der Waals surface area contributed by atoms with E-state index in [2.05, 4.69) is 33.3 Å². The Labute approximate surface area is 266 Å². The fourth-order valence-electron chi connectivity index (χ4n) is 4.77. The number of thiol groups is 1. The van der Waals surface area contributed by atoms with E-state index in [1.54, 1.807) is 41.0 Å². The maximum atomic E-state index is 12.9. The summed E-state index contributed by atoms with van der Waals surface area (Å²) in [5.41, 5.74) is 7.46. The number of Topliss-reactive ketones (excluding diaryl/α,β-unsaturated/α-hetero) is 1. The number of fused-ring (bicyclic) bond motifs is 1. The van der Waals surface area contributed by atoms with Crippen LogP contribution in [0.2, 0.25) is 0 Å². The Morgan fingerprint density at radius 2 is 1.51 bits per heavy atom. The van der Waals surface area contributed by atoms with Crippen molar-refractivity contribution < 1.29 is 37.2 Å². The molecule has 1 aromatic carbocycles. The second-order valence-corrected chi connectivity index (χ2v) is 12.7. The van der Waals surface area contributed by atoms with Gasteiger partial charge in [0, 0.05) is 17.8 Å². The van der Waals surface area contributed by atoms with Crippen LogP contribution in [0.15, 0.2) is 42.5 Å². The van der Waals surface area contributed by atoms with Crippen LogP contribution in [0.25, 0.3) is 0 Å². The molecule has 2 aromatic rings. The zero-order valence-electron chi connectivity index (χ0n) is 24.6. The van der Waals surface area contributed by atoms with Crippen molar-refractivity contribution >= 4 is 57.8 Å². The number of nitrogens with one attached hydrogen (secondary N) is 4. The Morgan fingerprint density at radius 1 is 0.867 bits per heavy atom. The van der Waals surface area contributed by atoms with Crippen molar-refractivity contribution in [2.75, 3.05) is 31.1 Å². The molecule has 0 saturated heterocycles. The first-order chi connectivity index (χ1) is 21.4. The second kappa shape index (κ2) is 16.9. The molecule has 45 heavy (non-hydrogen) atoms. The van der Waals surface area contributed by atoms with Gasteiger partial charge in [-0.3, -0.25) is 33.5 Å². The SMILES string of the molecule is NC(CCCCCS(=O)(=O)NC(=O)C1CCn2c(C(=O)c3ccccc3)ccc21)C(=O)CNC(=O)CNC(=O)CNC(=O)CS. The zero-order valence-corrected chi connectivity index (χ0v) is 26.3. The summed E-state index contributed by atoms with van der Waals surface area (Å²) in [5, 5.41) is 6.95. The summed E-state index contributed by atoms with van der Waals surface area (Å²) in [4.78, 5) is 72.5. The fourth-order valence-corrected chi connectivity index (χ4v) is 6.02. The third-order valence-electron chi connectivity index (χ3n) is 7.19. The van der Waals surface area contributed by atoms with Crippen molar-refractivity contribution in [2.45, 2.75) is 50.6 Å². The van der Waals surface area contributed by atoms with E-state index in [4.69, 9.17) is 5.73 Å². The van der Waals surface area contributed by atoms with Crippen molar-refractivity contribution in [1.82, 2.24) is 25.2 Å². The van der Waals surface area contributed by atoms with Crippen LogP contribution >= 0.6 is 12.6 Å². The molecule has 2 heterocycles. The Kier molecular flexibility index (Phi) is 13.3. The van der Waals surface area contributed by atoms with Gasteiger partial charge < -0.3 is 26.3 Å². The largest absolute Gasteiger partial charge is 0.347 e. The number of unbranched alkanes of at least 4 members (excludes halogenated alkanes) is 2. The fraction of sp³-hybridized carbons (Fsp3) is 0.448. The van der Waals surface area contributed by atoms with Gasteiger partial charge in [0.25, 0.3) is 0 Å². The van der Waals surface area contributed by atoms with Gasteiger partial charge in [-0.25, -0.2) is 8.42 Å². The maximum Gasteiger partial charge on any atom is 0.242 e. The van der Waals surface area contributed by atoms with Gasteiger partial charge in [0.05, 0.1) is 48.8 Å². The number of hydrogen-bond acceptors (Lipinski definition) is 10. The summed E-state index contributed by atoms with van der Waals surface area (Å²) >= 11 is 3.76. The molecule has 16 heteroatoms. The number of hydrogen-bond donors (Lipinski definition) is 6. The minimum atomic E-state index is -3.90. The molecule has 2 atom stereocenters. The lowest BCUT2D eigenvalue weighted by Gasteiger charge is -2.13. The lowest BCUT2D eigenvalue weighted by Crippen LogP contribution is -2.45. The van der Waals surface area contributed by atoms with Gasteiger partial charge in [-0.2, -0.15) is 12.6 Å². The molecule has 14 nitrogen and oxygen atoms in total. The molecule has 0 saturated carbocycles. The molecular formula is C29H38N6O8S2. The number of ketones is 2. The number of carbonyl (C=O) groups excluding carboxylic acids is 6. The van der Waals surface area contributed by atoms with Crippen molar-refractivity contribution in [1.29, 1.82) is 0 Å². The Bertz CT molecular complexity index is 1510. The number of nitrogens with zero attached hydrogens (tertiary/aromatic N) is 1. The standard InChI is InChI=1S/C29H38N6O8S2/c30-21(24(36)15-31-25(37)16-32-26(38)17-33-27(39)18-44)9-5-2-6-14-45(42,43)34-29(41)20-12-13-35-22(20)10-11-23(35)28(40)19-7-3-1-4-8-19/h1,3-4,7-8,10-11,20-21,44H,2,5-6,9,12-18,30H2,(H,31,37)(H,32,38)(H,33,39)(H,34,41). The average molecular weight is 663 g/mol. The first-order valence-corrected chi connectivity index (χ1v) is 16.7. The molecule has 2 unspecified atom stereocenters. The molecule has 1 aliphatic heterocycles. The molecule has 3 rings (SSSR count). The van der Waals surface area contributed by atoms with Gasteiger partial charge in [-0.1, -0.05) is 43.2 Å². The number of nitrogens with two attached hydrogens (primary N) is 1. The van der Waals surface area contributed by atoms with Crippen LogP contribution in [-0.2, 0) is 40.5 Å². The number of amides is 4. The van der Waals surface area contributed by atoms with E-state index >= 15 is 0 Å². The topological polar surface area (TPSA) is 216 Å². The van der Waals surface area contributed by atoms with Gasteiger partial charge in [0.1, 0.15) is 0 Å². The normalized spacial score (nSPS) is 14.6. The van der Waals surface area contributed by atoms with Crippen LogP contribution < -0.4 is 26.4 Å². The Balaban J connectivity index is 1.33. The molecule has 0 spiro atoms. The maximum absolute atomic E-state index is 12.9. The molecule has 0 fully saturated rings. The first-order valence-electron chi connectivity index (χ1n) is 14.4. The van der Waals surface area contributed by atoms with Crippen LogP contribution in [0.3, 0.4) is 0 Å². The number of benzene rings is 1. The number of sulfonamides is 1. The predicted octanol–water partition coefficient (Wildman–Crippen LogP) is -0.612. The van der Waals surface area contributed by atoms with Crippen LogP contribution in [0.4, 0.5) is 0 Å². The van der Waals surface area contributed by atoms with Crippen molar-refractivity contribution in [3.8, 4) is 0 Å². The van der Waals surface area contributed by atoms with Gasteiger partial charge >= 0.3 is 0 Å². The second-order valence-electron chi connectivity index (χ2n) is 10.5. The lowest BCUT2D eigenvalue weighted by atomic mass is 10.0. The summed E-state index contributed by atoms with van der Waals surface area (Å²) < 4.78 is 29.1. The summed E-state index contributed by atoms with van der Waals surface area (Å²) in [6.45, 7) is -0.602. The molecule has 0 aliphatic carbocycles. The molecule has 0 radical (unpaired) electrons. The monoisotopic (exact) mass is 662 g/mol. The third-order valence-corrected chi connectivity index (χ3v) is 8.82. The van der Waals surface area contributed by atoms with Crippen LogP contribution in [0.5, 0.6) is 0 Å². The first kappa shape index (κ1) is 35.5. The van der Waals surface area contributed by atoms with E-state index < -0.39 is 51.4 Å². The minimum Gasteiger partial charge on any atom is -0.347 e. The van der Waals surface area contributed by atoms with Crippen LogP contribution in [0, 0.1) is 0 Å². The smallest absolute Gasteiger partial charge is 0.242 e. The molecule has 6 N–H and O–H groups in total. The molecule has 1 aliphatic rings. The molecule has 244 valence electrons. The lowest BCUT2D eigenvalue weighted by molar-refractivity contribution is -0.128. The summed E-state index contributed by atoms with van der Waals surface area (Å²) in [7, 11) is -3.90. The Hall–Kier alpha value is -4.02. The van der Waals surface area contributed by atoms with Gasteiger partial charge in [-0.15, -0.1) is 0 Å². The van der Waals surface area contributed by atoms with Crippen molar-refractivity contribution in [3.63, 3.8) is 0 Å².